The number of nitrogens with two attached hydrogens (primary N) is 1. The lowest BCUT2D eigenvalue weighted by atomic mass is 10.0. The van der Waals surface area contributed by atoms with Crippen molar-refractivity contribution in [2.75, 3.05) is 175 Å². The number of anilines is 1. The summed E-state index contributed by atoms with van der Waals surface area (Å²) in [7, 11) is -9.66. The number of carbonyl (C=O) groups is 2. The molecule has 85 heavy (non-hydrogen) atoms. The first kappa shape index (κ1) is 69.6. The van der Waals surface area contributed by atoms with Crippen LogP contribution in [-0.4, -0.2) is 267 Å². The highest BCUT2D eigenvalue weighted by Gasteiger charge is 2.46. The van der Waals surface area contributed by atoms with E-state index in [0.717, 1.165) is 26.1 Å². The van der Waals surface area contributed by atoms with Gasteiger partial charge >= 0.3 is 21.2 Å². The van der Waals surface area contributed by atoms with Gasteiger partial charge in [0.15, 0.2) is 42.2 Å². The first-order valence-electron chi connectivity index (χ1n) is 27.3. The summed E-state index contributed by atoms with van der Waals surface area (Å²) in [6.45, 7) is 8.99. The van der Waals surface area contributed by atoms with Crippen LogP contribution in [0.15, 0.2) is 23.4 Å². The third-order valence-corrected chi connectivity index (χ3v) is 16.7. The van der Waals surface area contributed by atoms with Gasteiger partial charge in [-0.05, 0) is 30.5 Å². The molecule has 6 atom stereocenters. The molecule has 0 bridgehead atoms. The number of aliphatic hydroxyl groups excluding tert-OH is 2. The maximum absolute atomic E-state index is 13.6. The van der Waals surface area contributed by atoms with Gasteiger partial charge in [-0.2, -0.15) is 20.2 Å². The van der Waals surface area contributed by atoms with Gasteiger partial charge in [0.25, 0.3) is 0 Å². The van der Waals surface area contributed by atoms with Crippen LogP contribution < -0.4 is 20.5 Å². The third kappa shape index (κ3) is 24.2. The molecule has 36 heteroatoms. The summed E-state index contributed by atoms with van der Waals surface area (Å²) in [4.78, 5) is 71.0. The van der Waals surface area contributed by atoms with Crippen molar-refractivity contribution in [1.82, 2.24) is 29.5 Å². The molecule has 0 spiro atoms. The SMILES string of the molecule is N/N=C(\C=[NH+]CCOCCOCCOCCOCCC(=O)Oc1c(F)cc(F)cc1F)COCCOCCOCCOCCN1CCC(CC(=O)N2CCN(c3nc(Cl)nc4c3cnn4[C@@H]3O[C@H](COP(=O)(O)CP(=O)(O)O)[C@@H](O)[C@H]3O)CC2)C1. The summed E-state index contributed by atoms with van der Waals surface area (Å²) in [5, 5.41) is 29.8. The van der Waals surface area contributed by atoms with E-state index in [1.165, 1.54) is 10.9 Å². The van der Waals surface area contributed by atoms with Gasteiger partial charge in [0.05, 0.1) is 124 Å². The van der Waals surface area contributed by atoms with Crippen LogP contribution in [-0.2, 0) is 65.9 Å². The largest absolute Gasteiger partial charge is 0.420 e. The number of esters is 1. The van der Waals surface area contributed by atoms with Gasteiger partial charge in [-0.25, -0.2) is 22.8 Å². The van der Waals surface area contributed by atoms with E-state index in [2.05, 4.69) is 34.8 Å². The number of ether oxygens (including phenoxy) is 10. The number of nitrogens with one attached hydrogen (secondary N) is 1. The van der Waals surface area contributed by atoms with Crippen LogP contribution in [0.3, 0.4) is 0 Å². The van der Waals surface area contributed by atoms with Gasteiger partial charge in [0.2, 0.25) is 16.9 Å². The minimum Gasteiger partial charge on any atom is -0.420 e. The number of hydrazone groups is 1. The third-order valence-electron chi connectivity index (χ3n) is 13.0. The van der Waals surface area contributed by atoms with Crippen molar-refractivity contribution in [3.05, 3.63) is 41.1 Å². The van der Waals surface area contributed by atoms with Crippen LogP contribution in [0.2, 0.25) is 5.28 Å². The zero-order valence-electron chi connectivity index (χ0n) is 46.6. The average Bonchev–Trinajstić information content (AvgIpc) is 1.80. The molecule has 2 aromatic heterocycles. The molecule has 3 aliphatic heterocycles. The van der Waals surface area contributed by atoms with Gasteiger partial charge in [-0.15, -0.1) is 0 Å². The number of nitrogens with zero attached hydrogens (tertiary/aromatic N) is 8. The molecule has 0 radical (unpaired) electrons. The Balaban J connectivity index is 0.704. The molecular formula is C49H75ClF3N10O20P2+. The minimum absolute atomic E-state index is 0.0633. The molecule has 5 heterocycles. The van der Waals surface area contributed by atoms with Crippen LogP contribution in [0.25, 0.3) is 11.0 Å². The number of piperazine rings is 1. The van der Waals surface area contributed by atoms with Crippen LogP contribution in [0, 0.1) is 23.4 Å². The van der Waals surface area contributed by atoms with Gasteiger partial charge in [-0.3, -0.25) is 18.7 Å². The topological polar surface area (TPSA) is 377 Å². The Kier molecular flexibility index (Phi) is 29.6. The van der Waals surface area contributed by atoms with Crippen LogP contribution in [0.1, 0.15) is 25.5 Å². The van der Waals surface area contributed by atoms with Gasteiger partial charge < -0.3 is 97.3 Å². The molecule has 6 rings (SSSR count). The maximum Gasteiger partial charge on any atom is 0.340 e. The minimum atomic E-state index is -4.90. The van der Waals surface area contributed by atoms with Crippen molar-refractivity contribution in [1.29, 1.82) is 0 Å². The van der Waals surface area contributed by atoms with E-state index < -0.39 is 81.4 Å². The molecule has 0 saturated carbocycles. The number of aromatic nitrogens is 4. The molecule has 30 nitrogen and oxygen atoms in total. The van der Waals surface area contributed by atoms with Crippen molar-refractivity contribution >= 4 is 67.4 Å². The number of amides is 1. The first-order valence-corrected chi connectivity index (χ1v) is 31.2. The van der Waals surface area contributed by atoms with Crippen LogP contribution in [0.5, 0.6) is 5.75 Å². The number of hydrogen-bond acceptors (Lipinski definition) is 24. The predicted molar refractivity (Wildman–Crippen MR) is 294 cm³/mol. The van der Waals surface area contributed by atoms with Crippen LogP contribution in [0.4, 0.5) is 19.0 Å². The number of aliphatic hydroxyl groups is 2. The van der Waals surface area contributed by atoms with E-state index in [9.17, 15) is 47.0 Å². The highest BCUT2D eigenvalue weighted by atomic mass is 35.5. The standard InChI is InChI=1S/C49H74ClF3N10O20P2/c50-49-57-46(37-29-56-63(47(37)58-49)48-44(67)43(66)40(82-48)32-81-85(71,72)33-84(68,69)70)62-7-5-61(6-8-62)41(64)25-34-1-4-60(30-34)9-12-75-15-18-78-21-22-79-23-24-80-31-36(59-54)28-55-3-11-74-14-17-77-20-19-76-16-13-73-10-2-42(65)83-45-38(52)26-35(51)27-39(45)53/h26-29,34,40,43-44,48,66-67H,1-25,30-33,54H2,(H,71,72)(H2,68,69,70)/p+1/b55-28?,59-36+/t34?,40-,43-,44-,48-/m1/s1. The summed E-state index contributed by atoms with van der Waals surface area (Å²) in [6.07, 6.45) is -1.81. The van der Waals surface area contributed by atoms with E-state index in [1.54, 1.807) is 6.21 Å². The molecule has 3 saturated heterocycles. The van der Waals surface area contributed by atoms with Crippen molar-refractivity contribution < 1.29 is 114 Å². The Morgan fingerprint density at radius 2 is 1.39 bits per heavy atom. The fourth-order valence-electron chi connectivity index (χ4n) is 8.85. The smallest absolute Gasteiger partial charge is 0.340 e. The lowest BCUT2D eigenvalue weighted by molar-refractivity contribution is -0.454. The Morgan fingerprint density at radius 1 is 0.800 bits per heavy atom. The van der Waals surface area contributed by atoms with Gasteiger partial charge in [0.1, 0.15) is 42.3 Å². The van der Waals surface area contributed by atoms with E-state index in [0.29, 0.717) is 147 Å². The maximum atomic E-state index is 13.6. The molecule has 3 fully saturated rings. The fraction of sp³-hybridized carbons (Fsp3) is 0.694. The quantitative estimate of drug-likeness (QED) is 0.00514. The molecule has 1 amide bonds. The van der Waals surface area contributed by atoms with Crippen LogP contribution >= 0.6 is 26.8 Å². The molecule has 0 aliphatic carbocycles. The highest BCUT2D eigenvalue weighted by molar-refractivity contribution is 7.70. The zero-order chi connectivity index (χ0) is 61.2. The summed E-state index contributed by atoms with van der Waals surface area (Å²) in [5.41, 5.74) is 0.661. The number of benzene rings is 1. The second-order valence-electron chi connectivity index (χ2n) is 19.4. The monoisotopic (exact) mass is 1280 g/mol. The first-order chi connectivity index (χ1) is 40.8. The van der Waals surface area contributed by atoms with Crippen molar-refractivity contribution in [2.45, 2.75) is 43.8 Å². The molecular weight excluding hydrogens is 1200 g/mol. The lowest BCUT2D eigenvalue weighted by Crippen LogP contribution is -2.71. The summed E-state index contributed by atoms with van der Waals surface area (Å²) < 4.78 is 124. The molecule has 3 aliphatic rings. The molecule has 1 aromatic carbocycles. The van der Waals surface area contributed by atoms with Gasteiger partial charge in [-0.1, -0.05) is 0 Å². The zero-order valence-corrected chi connectivity index (χ0v) is 49.2. The Labute approximate surface area is 492 Å². The second kappa shape index (κ2) is 36.1. The normalized spacial score (nSPS) is 20.6. The Bertz CT molecular complexity index is 2700. The number of rotatable bonds is 40. The number of carbonyl (C=O) groups excluding carboxylic acids is 2. The van der Waals surface area contributed by atoms with Crippen molar-refractivity contribution in [3.8, 4) is 5.75 Å². The lowest BCUT2D eigenvalue weighted by Gasteiger charge is -2.36. The number of likely N-dealkylation sites (tertiary alicyclic amines) is 1. The highest BCUT2D eigenvalue weighted by Crippen LogP contribution is 2.55. The van der Waals surface area contributed by atoms with Crippen molar-refractivity contribution in [2.24, 2.45) is 16.9 Å². The molecule has 2 unspecified atom stereocenters. The summed E-state index contributed by atoms with van der Waals surface area (Å²) in [6, 6.07) is 0.827. The summed E-state index contributed by atoms with van der Waals surface area (Å²) in [5.74, 6) is -0.896. The number of hydrogen-bond donors (Lipinski definition) is 7. The predicted octanol–water partition coefficient (Wildman–Crippen LogP) is -1.19. The van der Waals surface area contributed by atoms with E-state index in [4.69, 9.17) is 74.4 Å². The fourth-order valence-corrected chi connectivity index (χ4v) is 11.6. The molecule has 8 N–H and O–H groups in total. The van der Waals surface area contributed by atoms with E-state index in [-0.39, 0.29) is 55.6 Å². The second-order valence-corrected chi connectivity index (χ2v) is 23.8. The number of fused-ring (bicyclic) bond motifs is 1. The molecule has 3 aromatic rings. The Morgan fingerprint density at radius 3 is 2.00 bits per heavy atom. The summed E-state index contributed by atoms with van der Waals surface area (Å²) >= 11 is 6.35. The Hall–Kier alpha value is -4.45. The van der Waals surface area contributed by atoms with Gasteiger partial charge in [0, 0.05) is 57.8 Å². The molecule has 478 valence electrons. The van der Waals surface area contributed by atoms with E-state index >= 15 is 0 Å². The number of halogens is 4. The van der Waals surface area contributed by atoms with Crippen molar-refractivity contribution in [3.63, 3.8) is 0 Å². The average molecular weight is 1280 g/mol. The van der Waals surface area contributed by atoms with E-state index in [1.807, 2.05) is 9.80 Å².